The van der Waals surface area contributed by atoms with Gasteiger partial charge in [-0.1, -0.05) is 12.1 Å². The first-order valence-corrected chi connectivity index (χ1v) is 7.91. The van der Waals surface area contributed by atoms with Crippen molar-refractivity contribution in [1.82, 2.24) is 0 Å². The number of benzene rings is 2. The SMILES string of the molecule is COc1ccc2c(c1)CC/C(=C/c1ccc(OCC(=O)[O-])cc1)C2=O. The molecule has 0 bridgehead atoms. The molecule has 5 heteroatoms. The van der Waals surface area contributed by atoms with Crippen LogP contribution in [-0.2, 0) is 11.2 Å². The van der Waals surface area contributed by atoms with E-state index in [4.69, 9.17) is 9.47 Å². The third-order valence-corrected chi connectivity index (χ3v) is 4.09. The molecule has 0 spiro atoms. The van der Waals surface area contributed by atoms with Crippen LogP contribution in [0.5, 0.6) is 11.5 Å². The Morgan fingerprint density at radius 2 is 1.84 bits per heavy atom. The van der Waals surface area contributed by atoms with E-state index in [2.05, 4.69) is 0 Å². The second-order valence-corrected chi connectivity index (χ2v) is 5.75. The highest BCUT2D eigenvalue weighted by Gasteiger charge is 2.22. The molecule has 128 valence electrons. The Balaban J connectivity index is 1.77. The number of Topliss-reactive ketones (excluding diaryl/α,β-unsaturated/α-hetero) is 1. The number of carboxylic acid groups (broad SMARTS) is 1. The highest BCUT2D eigenvalue weighted by molar-refractivity contribution is 6.13. The average Bonchev–Trinajstić information content (AvgIpc) is 2.63. The summed E-state index contributed by atoms with van der Waals surface area (Å²) >= 11 is 0. The van der Waals surface area contributed by atoms with Crippen molar-refractivity contribution in [3.05, 3.63) is 64.7 Å². The number of carboxylic acids is 1. The molecule has 0 fully saturated rings. The summed E-state index contributed by atoms with van der Waals surface area (Å²) in [5.74, 6) is -0.0413. The van der Waals surface area contributed by atoms with E-state index in [0.29, 0.717) is 17.7 Å². The summed E-state index contributed by atoms with van der Waals surface area (Å²) in [6.45, 7) is -0.487. The van der Waals surface area contributed by atoms with Gasteiger partial charge in [0.25, 0.3) is 0 Å². The van der Waals surface area contributed by atoms with Crippen LogP contribution in [0, 0.1) is 0 Å². The van der Waals surface area contributed by atoms with Crippen molar-refractivity contribution in [3.8, 4) is 11.5 Å². The zero-order chi connectivity index (χ0) is 17.8. The summed E-state index contributed by atoms with van der Waals surface area (Å²) in [6, 6.07) is 12.4. The number of ketones is 1. The Morgan fingerprint density at radius 1 is 1.12 bits per heavy atom. The average molecular weight is 337 g/mol. The summed E-state index contributed by atoms with van der Waals surface area (Å²) < 4.78 is 10.2. The smallest absolute Gasteiger partial charge is 0.189 e. The molecular formula is C20H17O5-. The maximum absolute atomic E-state index is 12.7. The number of aryl methyl sites for hydroxylation is 1. The largest absolute Gasteiger partial charge is 0.546 e. The number of fused-ring (bicyclic) bond motifs is 1. The fourth-order valence-electron chi connectivity index (χ4n) is 2.82. The molecule has 0 saturated carbocycles. The monoisotopic (exact) mass is 337 g/mol. The molecule has 0 radical (unpaired) electrons. The van der Waals surface area contributed by atoms with Gasteiger partial charge in [-0.2, -0.15) is 0 Å². The van der Waals surface area contributed by atoms with Crippen molar-refractivity contribution in [1.29, 1.82) is 0 Å². The van der Waals surface area contributed by atoms with E-state index in [-0.39, 0.29) is 5.78 Å². The molecule has 0 aliphatic heterocycles. The second-order valence-electron chi connectivity index (χ2n) is 5.75. The summed E-state index contributed by atoms with van der Waals surface area (Å²) in [5.41, 5.74) is 3.34. The van der Waals surface area contributed by atoms with Crippen LogP contribution in [0.15, 0.2) is 48.0 Å². The van der Waals surface area contributed by atoms with E-state index in [1.54, 1.807) is 43.5 Å². The van der Waals surface area contributed by atoms with Gasteiger partial charge in [0.2, 0.25) is 0 Å². The van der Waals surface area contributed by atoms with E-state index >= 15 is 0 Å². The first-order valence-electron chi connectivity index (χ1n) is 7.91. The van der Waals surface area contributed by atoms with Gasteiger partial charge >= 0.3 is 0 Å². The Kier molecular flexibility index (Phi) is 4.84. The van der Waals surface area contributed by atoms with Crippen molar-refractivity contribution in [3.63, 3.8) is 0 Å². The molecule has 2 aromatic rings. The highest BCUT2D eigenvalue weighted by Crippen LogP contribution is 2.29. The normalized spacial score (nSPS) is 14.9. The van der Waals surface area contributed by atoms with Gasteiger partial charge in [-0.05, 0) is 60.4 Å². The fourth-order valence-corrected chi connectivity index (χ4v) is 2.82. The fraction of sp³-hybridized carbons (Fsp3) is 0.200. The summed E-state index contributed by atoms with van der Waals surface area (Å²) in [7, 11) is 1.61. The molecule has 0 unspecified atom stereocenters. The number of carbonyl (C=O) groups excluding carboxylic acids is 2. The number of allylic oxidation sites excluding steroid dienone is 1. The lowest BCUT2D eigenvalue weighted by Gasteiger charge is -2.18. The lowest BCUT2D eigenvalue weighted by molar-refractivity contribution is -0.307. The lowest BCUT2D eigenvalue weighted by atomic mass is 9.86. The van der Waals surface area contributed by atoms with Crippen molar-refractivity contribution in [2.24, 2.45) is 0 Å². The van der Waals surface area contributed by atoms with Crippen LogP contribution in [0.2, 0.25) is 0 Å². The minimum absolute atomic E-state index is 0.0289. The Hall–Kier alpha value is -3.08. The molecule has 0 N–H and O–H groups in total. The third-order valence-electron chi connectivity index (χ3n) is 4.09. The van der Waals surface area contributed by atoms with Gasteiger partial charge in [0.1, 0.15) is 18.1 Å². The molecule has 0 amide bonds. The van der Waals surface area contributed by atoms with Crippen LogP contribution in [0.1, 0.15) is 27.9 Å². The first-order chi connectivity index (χ1) is 12.1. The third kappa shape index (κ3) is 3.88. The van der Waals surface area contributed by atoms with Crippen molar-refractivity contribution >= 4 is 17.8 Å². The van der Waals surface area contributed by atoms with Crippen LogP contribution >= 0.6 is 0 Å². The number of carbonyl (C=O) groups is 2. The predicted octanol–water partition coefficient (Wildman–Crippen LogP) is 2.04. The van der Waals surface area contributed by atoms with Crippen LogP contribution in [0.3, 0.4) is 0 Å². The number of hydrogen-bond donors (Lipinski definition) is 0. The molecular weight excluding hydrogens is 320 g/mol. The summed E-state index contributed by atoms with van der Waals surface area (Å²) in [4.78, 5) is 23.0. The van der Waals surface area contributed by atoms with Crippen LogP contribution in [-0.4, -0.2) is 25.5 Å². The van der Waals surface area contributed by atoms with Gasteiger partial charge in [0.05, 0.1) is 13.1 Å². The predicted molar refractivity (Wildman–Crippen MR) is 90.6 cm³/mol. The molecule has 0 heterocycles. The summed E-state index contributed by atoms with van der Waals surface area (Å²) in [6.07, 6.45) is 3.32. The number of hydrogen-bond acceptors (Lipinski definition) is 5. The highest BCUT2D eigenvalue weighted by atomic mass is 16.5. The molecule has 0 atom stereocenters. The maximum Gasteiger partial charge on any atom is 0.189 e. The molecule has 1 aliphatic carbocycles. The summed E-state index contributed by atoms with van der Waals surface area (Å²) in [5, 5.41) is 10.4. The van der Waals surface area contributed by atoms with Crippen molar-refractivity contribution in [2.75, 3.05) is 13.7 Å². The Labute approximate surface area is 145 Å². The van der Waals surface area contributed by atoms with Crippen LogP contribution < -0.4 is 14.6 Å². The number of ether oxygens (including phenoxy) is 2. The van der Waals surface area contributed by atoms with E-state index < -0.39 is 12.6 Å². The minimum Gasteiger partial charge on any atom is -0.546 e. The lowest BCUT2D eigenvalue weighted by Crippen LogP contribution is -2.28. The molecule has 0 aromatic heterocycles. The van der Waals surface area contributed by atoms with Gasteiger partial charge in [-0.15, -0.1) is 0 Å². The zero-order valence-corrected chi connectivity index (χ0v) is 13.8. The van der Waals surface area contributed by atoms with Gasteiger partial charge in [-0.3, -0.25) is 4.79 Å². The van der Waals surface area contributed by atoms with Crippen molar-refractivity contribution in [2.45, 2.75) is 12.8 Å². The van der Waals surface area contributed by atoms with Gasteiger partial charge in [0, 0.05) is 11.1 Å². The van der Waals surface area contributed by atoms with E-state index in [1.807, 2.05) is 12.1 Å². The number of rotatable bonds is 5. The number of methoxy groups -OCH3 is 1. The Morgan fingerprint density at radius 3 is 2.52 bits per heavy atom. The van der Waals surface area contributed by atoms with Crippen molar-refractivity contribution < 1.29 is 24.2 Å². The van der Waals surface area contributed by atoms with E-state index in [1.165, 1.54) is 0 Å². The Bertz CT molecular complexity index is 834. The van der Waals surface area contributed by atoms with Gasteiger partial charge in [-0.25, -0.2) is 0 Å². The zero-order valence-electron chi connectivity index (χ0n) is 13.8. The topological polar surface area (TPSA) is 75.7 Å². The van der Waals surface area contributed by atoms with Crippen LogP contribution in [0.25, 0.3) is 6.08 Å². The number of aliphatic carboxylic acids is 1. The maximum atomic E-state index is 12.7. The van der Waals surface area contributed by atoms with Gasteiger partial charge < -0.3 is 19.4 Å². The minimum atomic E-state index is -1.27. The van der Waals surface area contributed by atoms with Gasteiger partial charge in [0.15, 0.2) is 5.78 Å². The molecule has 1 aliphatic rings. The quantitative estimate of drug-likeness (QED) is 0.781. The molecule has 2 aromatic carbocycles. The van der Waals surface area contributed by atoms with Crippen LogP contribution in [0.4, 0.5) is 0 Å². The second kappa shape index (κ2) is 7.21. The molecule has 3 rings (SSSR count). The molecule has 0 saturated heterocycles. The standard InChI is InChI=1S/C20H18O5/c1-24-17-8-9-18-14(11-17)4-5-15(20(18)23)10-13-2-6-16(7-3-13)25-12-19(21)22/h2-3,6-11H,4-5,12H2,1H3,(H,21,22)/p-1/b15-10-. The van der Waals surface area contributed by atoms with E-state index in [9.17, 15) is 14.7 Å². The molecule has 5 nitrogen and oxygen atoms in total. The first kappa shape index (κ1) is 16.8. The molecule has 25 heavy (non-hydrogen) atoms. The van der Waals surface area contributed by atoms with E-state index in [0.717, 1.165) is 28.9 Å².